The predicted molar refractivity (Wildman–Crippen MR) is 178 cm³/mol. The van der Waals surface area contributed by atoms with E-state index in [0.29, 0.717) is 34.6 Å². The zero-order valence-corrected chi connectivity index (χ0v) is 26.1. The van der Waals surface area contributed by atoms with Crippen LogP contribution < -0.4 is 10.2 Å². The SMILES string of the molecule is OC[C@H]1O[C@@H](c2ccc(-c3ccc([C@@H]4[C@H](CCC(O)c5ccc(F)cc5)NC(=S)N4c4ccccc4)c(O)c3)cc2)[C@H](O)[C@@H](O)[C@@H]1O. The summed E-state index contributed by atoms with van der Waals surface area (Å²) in [6.45, 7) is -0.510. The number of benzene rings is 4. The lowest BCUT2D eigenvalue weighted by molar-refractivity contribution is -0.231. The molecule has 11 heteroatoms. The van der Waals surface area contributed by atoms with Gasteiger partial charge in [0.05, 0.1) is 24.8 Å². The standard InChI is InChI=1S/C36H37FN2O7S/c37-24-13-10-21(11-14-24)28(41)17-16-27-31(39(36(47)38-27)25-4-2-1-3-5-25)26-15-12-23(18-29(26)42)20-6-8-22(9-7-20)35-34(45)33(44)32(43)30(19-40)46-35/h1-15,18,27-28,30-35,40-45H,16-17,19H2,(H,38,47)/t27-,28?,30+,31+,32+,33-,34+,35-/m0/s1. The average Bonchev–Trinajstić information content (AvgIpc) is 3.42. The molecule has 1 unspecified atom stereocenters. The molecule has 47 heavy (non-hydrogen) atoms. The first-order valence-electron chi connectivity index (χ1n) is 15.5. The first kappa shape index (κ1) is 33.0. The summed E-state index contributed by atoms with van der Waals surface area (Å²) in [7, 11) is 0. The number of halogens is 1. The maximum absolute atomic E-state index is 13.4. The zero-order valence-electron chi connectivity index (χ0n) is 25.3. The number of ether oxygens (including phenoxy) is 1. The molecular weight excluding hydrogens is 623 g/mol. The molecule has 2 fully saturated rings. The Morgan fingerprint density at radius 2 is 1.53 bits per heavy atom. The molecule has 0 aliphatic carbocycles. The highest BCUT2D eigenvalue weighted by Crippen LogP contribution is 2.42. The second kappa shape index (κ2) is 14.0. The summed E-state index contributed by atoms with van der Waals surface area (Å²) in [6.07, 6.45) is -6.17. The Morgan fingerprint density at radius 1 is 0.851 bits per heavy atom. The number of phenols is 1. The van der Waals surface area contributed by atoms with Crippen molar-refractivity contribution in [3.8, 4) is 16.9 Å². The van der Waals surface area contributed by atoms with Crippen LogP contribution >= 0.6 is 12.2 Å². The van der Waals surface area contributed by atoms with E-state index in [4.69, 9.17) is 17.0 Å². The molecule has 0 radical (unpaired) electrons. The summed E-state index contributed by atoms with van der Waals surface area (Å²) in [6, 6.07) is 27.2. The maximum atomic E-state index is 13.4. The van der Waals surface area contributed by atoms with E-state index in [0.717, 1.165) is 16.8 Å². The van der Waals surface area contributed by atoms with Crippen LogP contribution in [0.3, 0.4) is 0 Å². The van der Waals surface area contributed by atoms with E-state index < -0.39 is 49.3 Å². The monoisotopic (exact) mass is 660 g/mol. The van der Waals surface area contributed by atoms with Crippen molar-refractivity contribution < 1.29 is 39.8 Å². The number of aliphatic hydroxyl groups is 5. The third-order valence-electron chi connectivity index (χ3n) is 9.04. The van der Waals surface area contributed by atoms with E-state index in [1.54, 1.807) is 42.5 Å². The van der Waals surface area contributed by atoms with Crippen LogP contribution in [0.25, 0.3) is 11.1 Å². The first-order chi connectivity index (χ1) is 22.7. The molecule has 6 rings (SSSR count). The van der Waals surface area contributed by atoms with Crippen LogP contribution in [0.2, 0.25) is 0 Å². The van der Waals surface area contributed by atoms with Crippen LogP contribution in [0.1, 0.15) is 47.8 Å². The third-order valence-corrected chi connectivity index (χ3v) is 9.36. The number of hydrogen-bond acceptors (Lipinski definition) is 8. The van der Waals surface area contributed by atoms with E-state index in [2.05, 4.69) is 5.32 Å². The molecule has 2 aliphatic rings. The molecule has 246 valence electrons. The molecule has 9 nitrogen and oxygen atoms in total. The third kappa shape index (κ3) is 6.74. The minimum absolute atomic E-state index is 0.0574. The largest absolute Gasteiger partial charge is 0.508 e. The Morgan fingerprint density at radius 3 is 2.19 bits per heavy atom. The number of thiocarbonyl (C=S) groups is 1. The average molecular weight is 661 g/mol. The number of rotatable bonds is 9. The van der Waals surface area contributed by atoms with Gasteiger partial charge in [-0.3, -0.25) is 0 Å². The molecule has 2 aliphatic heterocycles. The lowest BCUT2D eigenvalue weighted by Gasteiger charge is -2.40. The number of para-hydroxylation sites is 1. The lowest BCUT2D eigenvalue weighted by atomic mass is 9.90. The topological polar surface area (TPSA) is 146 Å². The summed E-state index contributed by atoms with van der Waals surface area (Å²) in [4.78, 5) is 1.97. The van der Waals surface area contributed by atoms with Crippen LogP contribution in [0.15, 0.2) is 97.1 Å². The van der Waals surface area contributed by atoms with Crippen molar-refractivity contribution in [2.24, 2.45) is 0 Å². The summed E-state index contributed by atoms with van der Waals surface area (Å²) in [5.74, 6) is -0.312. The van der Waals surface area contributed by atoms with Crippen molar-refractivity contribution in [2.45, 2.75) is 61.5 Å². The van der Waals surface area contributed by atoms with Gasteiger partial charge in [-0.2, -0.15) is 0 Å². The highest BCUT2D eigenvalue weighted by Gasteiger charge is 2.44. The fourth-order valence-electron chi connectivity index (χ4n) is 6.47. The quantitative estimate of drug-likeness (QED) is 0.131. The number of hydrogen-bond donors (Lipinski definition) is 7. The van der Waals surface area contributed by atoms with Crippen molar-refractivity contribution in [1.29, 1.82) is 0 Å². The van der Waals surface area contributed by atoms with Gasteiger partial charge >= 0.3 is 0 Å². The van der Waals surface area contributed by atoms with Gasteiger partial charge in [0.2, 0.25) is 0 Å². The molecule has 2 heterocycles. The van der Waals surface area contributed by atoms with Crippen molar-refractivity contribution in [1.82, 2.24) is 5.32 Å². The zero-order chi connectivity index (χ0) is 33.2. The molecule has 0 aromatic heterocycles. The van der Waals surface area contributed by atoms with Crippen LogP contribution in [0.4, 0.5) is 10.1 Å². The van der Waals surface area contributed by atoms with Crippen LogP contribution in [0.5, 0.6) is 5.75 Å². The van der Waals surface area contributed by atoms with Gasteiger partial charge < -0.3 is 45.6 Å². The second-order valence-corrected chi connectivity index (χ2v) is 12.4. The maximum Gasteiger partial charge on any atom is 0.174 e. The smallest absolute Gasteiger partial charge is 0.174 e. The molecule has 8 atom stereocenters. The fourth-order valence-corrected chi connectivity index (χ4v) is 6.84. The predicted octanol–water partition coefficient (Wildman–Crippen LogP) is 4.03. The van der Waals surface area contributed by atoms with Gasteiger partial charge in [0.1, 0.15) is 42.1 Å². The summed E-state index contributed by atoms with van der Waals surface area (Å²) in [5, 5.41) is 66.6. The van der Waals surface area contributed by atoms with E-state index in [9.17, 15) is 35.0 Å². The Kier molecular flexibility index (Phi) is 9.85. The van der Waals surface area contributed by atoms with E-state index in [1.807, 2.05) is 47.4 Å². The summed E-state index contributed by atoms with van der Waals surface area (Å²) in [5.41, 5.74) is 4.18. The molecule has 0 bridgehead atoms. The van der Waals surface area contributed by atoms with Gasteiger partial charge in [-0.05, 0) is 77.6 Å². The molecular formula is C36H37FN2O7S. The Balaban J connectivity index is 1.25. The fraction of sp³-hybridized carbons (Fsp3) is 0.306. The molecule has 4 aromatic carbocycles. The van der Waals surface area contributed by atoms with Gasteiger partial charge in [0.15, 0.2) is 5.11 Å². The van der Waals surface area contributed by atoms with Crippen molar-refractivity contribution in [2.75, 3.05) is 11.5 Å². The van der Waals surface area contributed by atoms with Gasteiger partial charge in [0, 0.05) is 11.3 Å². The molecule has 7 N–H and O–H groups in total. The number of aliphatic hydroxyl groups excluding tert-OH is 5. The van der Waals surface area contributed by atoms with E-state index >= 15 is 0 Å². The Labute approximate surface area is 277 Å². The van der Waals surface area contributed by atoms with Crippen LogP contribution in [0, 0.1) is 5.82 Å². The van der Waals surface area contributed by atoms with Crippen LogP contribution in [-0.4, -0.2) is 72.8 Å². The van der Waals surface area contributed by atoms with Crippen LogP contribution in [-0.2, 0) is 4.74 Å². The molecule has 4 aromatic rings. The van der Waals surface area contributed by atoms with Gasteiger partial charge in [0.25, 0.3) is 0 Å². The van der Waals surface area contributed by atoms with Gasteiger partial charge in [-0.15, -0.1) is 0 Å². The van der Waals surface area contributed by atoms with E-state index in [1.165, 1.54) is 12.1 Å². The minimum atomic E-state index is -1.47. The molecule has 0 spiro atoms. The molecule has 2 saturated heterocycles. The second-order valence-electron chi connectivity index (χ2n) is 12.0. The lowest BCUT2D eigenvalue weighted by Crippen LogP contribution is -2.55. The number of nitrogens with zero attached hydrogens (tertiary/aromatic N) is 1. The Bertz CT molecular complexity index is 1680. The Hall–Kier alpha value is -3.94. The number of anilines is 1. The number of aromatic hydroxyl groups is 1. The highest BCUT2D eigenvalue weighted by atomic mass is 32.1. The first-order valence-corrected chi connectivity index (χ1v) is 15.9. The molecule has 0 saturated carbocycles. The van der Waals surface area contributed by atoms with Crippen molar-refractivity contribution in [3.63, 3.8) is 0 Å². The minimum Gasteiger partial charge on any atom is -0.508 e. The van der Waals surface area contributed by atoms with Crippen molar-refractivity contribution in [3.05, 3.63) is 120 Å². The summed E-state index contributed by atoms with van der Waals surface area (Å²) < 4.78 is 19.1. The number of nitrogens with one attached hydrogen (secondary N) is 1. The van der Waals surface area contributed by atoms with Gasteiger partial charge in [-0.25, -0.2) is 4.39 Å². The summed E-state index contributed by atoms with van der Waals surface area (Å²) >= 11 is 5.77. The molecule has 0 amide bonds. The normalized spacial score (nSPS) is 26.6. The van der Waals surface area contributed by atoms with E-state index in [-0.39, 0.29) is 17.6 Å². The van der Waals surface area contributed by atoms with Crippen molar-refractivity contribution >= 4 is 23.0 Å². The highest BCUT2D eigenvalue weighted by molar-refractivity contribution is 7.80. The van der Waals surface area contributed by atoms with Gasteiger partial charge in [-0.1, -0.05) is 66.7 Å². The number of phenolic OH excluding ortho intramolecular Hbond substituents is 1.